The summed E-state index contributed by atoms with van der Waals surface area (Å²) in [6.45, 7) is 1.31. The molecule has 0 saturated carbocycles. The monoisotopic (exact) mass is 556 g/mol. The zero-order chi connectivity index (χ0) is 26.7. The fraction of sp³-hybridized carbons (Fsp3) is 0.333. The zero-order valence-corrected chi connectivity index (χ0v) is 20.8. The van der Waals surface area contributed by atoms with Crippen molar-refractivity contribution in [3.8, 4) is 11.3 Å². The first-order chi connectivity index (χ1) is 17.5. The van der Waals surface area contributed by atoms with E-state index in [2.05, 4.69) is 15.3 Å². The number of thiazole rings is 1. The van der Waals surface area contributed by atoms with Crippen LogP contribution in [0.3, 0.4) is 0 Å². The molecule has 196 valence electrons. The topological polar surface area (TPSA) is 95.4 Å². The number of rotatable bonds is 7. The van der Waals surface area contributed by atoms with Crippen molar-refractivity contribution in [2.45, 2.75) is 31.9 Å². The molecule has 7 nitrogen and oxygen atoms in total. The third-order valence-electron chi connectivity index (χ3n) is 5.97. The van der Waals surface area contributed by atoms with Gasteiger partial charge in [0.05, 0.1) is 21.8 Å². The number of amides is 1. The van der Waals surface area contributed by atoms with Gasteiger partial charge >= 0.3 is 12.1 Å². The minimum absolute atomic E-state index is 0.0436. The molecule has 1 atom stereocenters. The number of hydrogen-bond donors (Lipinski definition) is 2. The van der Waals surface area contributed by atoms with E-state index in [4.69, 9.17) is 16.7 Å². The predicted molar refractivity (Wildman–Crippen MR) is 132 cm³/mol. The summed E-state index contributed by atoms with van der Waals surface area (Å²) in [4.78, 5) is 34.0. The zero-order valence-electron chi connectivity index (χ0n) is 19.2. The highest BCUT2D eigenvalue weighted by Gasteiger charge is 2.35. The number of alkyl halides is 3. The third-order valence-corrected chi connectivity index (χ3v) is 7.01. The minimum Gasteiger partial charge on any atom is -0.481 e. The first kappa shape index (κ1) is 26.8. The Hall–Kier alpha value is -3.25. The number of piperidine rings is 1. The summed E-state index contributed by atoms with van der Waals surface area (Å²) in [5.41, 5.74) is -1.64. The number of aliphatic carboxylic acids is 1. The second-order valence-electron chi connectivity index (χ2n) is 8.57. The van der Waals surface area contributed by atoms with Crippen LogP contribution in [0.25, 0.3) is 11.3 Å². The van der Waals surface area contributed by atoms with Gasteiger partial charge in [-0.15, -0.1) is 11.3 Å². The van der Waals surface area contributed by atoms with Crippen molar-refractivity contribution in [3.05, 3.63) is 57.8 Å². The normalized spacial score (nSPS) is 16.0. The lowest BCUT2D eigenvalue weighted by molar-refractivity contribution is -0.140. The molecule has 1 aliphatic heterocycles. The van der Waals surface area contributed by atoms with Crippen molar-refractivity contribution in [2.75, 3.05) is 23.3 Å². The molecule has 1 saturated heterocycles. The number of nitrogens with zero attached hydrogens (tertiary/aromatic N) is 3. The first-order valence-electron chi connectivity index (χ1n) is 11.3. The number of nitrogens with one attached hydrogen (secondary N) is 1. The second kappa shape index (κ2) is 11.0. The molecule has 1 aromatic carbocycles. The summed E-state index contributed by atoms with van der Waals surface area (Å²) < 4.78 is 53.5. The van der Waals surface area contributed by atoms with Crippen LogP contribution in [-0.4, -0.2) is 40.0 Å². The van der Waals surface area contributed by atoms with Crippen LogP contribution in [0.4, 0.5) is 28.5 Å². The fourth-order valence-corrected chi connectivity index (χ4v) is 5.17. The van der Waals surface area contributed by atoms with Gasteiger partial charge in [0.2, 0.25) is 0 Å². The quantitative estimate of drug-likeness (QED) is 0.329. The lowest BCUT2D eigenvalue weighted by atomic mass is 9.93. The largest absolute Gasteiger partial charge is 0.481 e. The van der Waals surface area contributed by atoms with Crippen molar-refractivity contribution < 1.29 is 32.3 Å². The van der Waals surface area contributed by atoms with E-state index in [1.165, 1.54) is 23.7 Å². The first-order valence-corrected chi connectivity index (χ1v) is 12.5. The van der Waals surface area contributed by atoms with Crippen molar-refractivity contribution >= 4 is 45.8 Å². The molecule has 1 fully saturated rings. The van der Waals surface area contributed by atoms with Gasteiger partial charge in [-0.3, -0.25) is 14.9 Å². The second-order valence-corrected chi connectivity index (χ2v) is 9.84. The fourth-order valence-electron chi connectivity index (χ4n) is 4.18. The number of aromatic nitrogens is 2. The smallest absolute Gasteiger partial charge is 0.419 e. The van der Waals surface area contributed by atoms with Crippen LogP contribution >= 0.6 is 22.9 Å². The van der Waals surface area contributed by atoms with E-state index in [1.807, 2.05) is 4.90 Å². The molecule has 2 aromatic heterocycles. The Bertz CT molecular complexity index is 1320. The van der Waals surface area contributed by atoms with E-state index in [-0.39, 0.29) is 39.3 Å². The van der Waals surface area contributed by atoms with Crippen molar-refractivity contribution in [1.82, 2.24) is 9.97 Å². The van der Waals surface area contributed by atoms with E-state index in [1.54, 1.807) is 0 Å². The number of carboxylic acids is 1. The van der Waals surface area contributed by atoms with Crippen LogP contribution in [0.5, 0.6) is 0 Å². The number of benzene rings is 1. The molecule has 13 heteroatoms. The number of anilines is 2. The number of carbonyl (C=O) groups is 2. The van der Waals surface area contributed by atoms with Crippen LogP contribution in [0.2, 0.25) is 5.02 Å². The van der Waals surface area contributed by atoms with Crippen LogP contribution in [-0.2, 0) is 11.0 Å². The Morgan fingerprint density at radius 2 is 2.08 bits per heavy atom. The van der Waals surface area contributed by atoms with Gasteiger partial charge < -0.3 is 10.0 Å². The Morgan fingerprint density at radius 3 is 2.78 bits per heavy atom. The summed E-state index contributed by atoms with van der Waals surface area (Å²) in [6, 6.07) is 4.36. The Labute approximate surface area is 218 Å². The number of carboxylic acid groups (broad SMARTS) is 1. The summed E-state index contributed by atoms with van der Waals surface area (Å²) in [5, 5.41) is 13.1. The van der Waals surface area contributed by atoms with Crippen LogP contribution < -0.4 is 10.2 Å². The summed E-state index contributed by atoms with van der Waals surface area (Å²) >= 11 is 7.35. The molecule has 0 spiro atoms. The maximum absolute atomic E-state index is 14.4. The highest BCUT2D eigenvalue weighted by molar-refractivity contribution is 7.14. The molecule has 2 N–H and O–H groups in total. The number of carbonyl (C=O) groups excluding carboxylic acids is 1. The molecule has 0 radical (unpaired) electrons. The standard InChI is InChI=1S/C24H21ClF4N4O3S/c25-17-9-14(10-30-21(17)33-8-2-3-13(11-33)6-7-19(34)35)22(36)32-23-31-18(12-37-23)15-4-1-5-16(20(15)26)24(27,28)29/h1,4-5,9-10,12-13H,2-3,6-8,11H2,(H,34,35)(H,31,32,36)/t13-/m1/s1. The maximum atomic E-state index is 14.4. The van der Waals surface area contributed by atoms with E-state index in [0.29, 0.717) is 31.4 Å². The van der Waals surface area contributed by atoms with Crippen molar-refractivity contribution in [1.29, 1.82) is 0 Å². The van der Waals surface area contributed by atoms with Gasteiger partial charge in [0, 0.05) is 36.7 Å². The number of hydrogen-bond acceptors (Lipinski definition) is 6. The molecule has 0 unspecified atom stereocenters. The lowest BCUT2D eigenvalue weighted by Crippen LogP contribution is -2.36. The van der Waals surface area contributed by atoms with Gasteiger partial charge in [0.1, 0.15) is 11.6 Å². The van der Waals surface area contributed by atoms with Gasteiger partial charge in [-0.05, 0) is 43.4 Å². The average molecular weight is 557 g/mol. The molecule has 37 heavy (non-hydrogen) atoms. The molecule has 0 bridgehead atoms. The highest BCUT2D eigenvalue weighted by Crippen LogP contribution is 2.36. The SMILES string of the molecule is O=C(O)CC[C@H]1CCCN(c2ncc(C(=O)Nc3nc(-c4cccc(C(F)(F)F)c4F)cs3)cc2Cl)C1. The van der Waals surface area contributed by atoms with E-state index in [0.717, 1.165) is 30.2 Å². The molecule has 0 aliphatic carbocycles. The van der Waals surface area contributed by atoms with Gasteiger partial charge in [0.15, 0.2) is 5.13 Å². The molecule has 1 aliphatic rings. The van der Waals surface area contributed by atoms with Gasteiger partial charge in [-0.25, -0.2) is 14.4 Å². The van der Waals surface area contributed by atoms with Crippen LogP contribution in [0.15, 0.2) is 35.8 Å². The summed E-state index contributed by atoms with van der Waals surface area (Å²) in [7, 11) is 0. The Balaban J connectivity index is 1.45. The van der Waals surface area contributed by atoms with E-state index < -0.39 is 29.4 Å². The molecule has 3 heterocycles. The van der Waals surface area contributed by atoms with Gasteiger partial charge in [0.25, 0.3) is 5.91 Å². The van der Waals surface area contributed by atoms with Crippen LogP contribution in [0, 0.1) is 11.7 Å². The molecular weight excluding hydrogens is 536 g/mol. The van der Waals surface area contributed by atoms with Crippen LogP contribution in [0.1, 0.15) is 41.6 Å². The Kier molecular flexibility index (Phi) is 7.98. The molecule has 1 amide bonds. The van der Waals surface area contributed by atoms with Gasteiger partial charge in [-0.1, -0.05) is 17.7 Å². The highest BCUT2D eigenvalue weighted by atomic mass is 35.5. The Morgan fingerprint density at radius 1 is 1.30 bits per heavy atom. The third kappa shape index (κ3) is 6.37. The summed E-state index contributed by atoms with van der Waals surface area (Å²) in [5.74, 6) is -2.17. The molecule has 3 aromatic rings. The number of pyridine rings is 1. The maximum Gasteiger partial charge on any atom is 0.419 e. The van der Waals surface area contributed by atoms with E-state index >= 15 is 0 Å². The predicted octanol–water partition coefficient (Wildman–Crippen LogP) is 6.35. The lowest BCUT2D eigenvalue weighted by Gasteiger charge is -2.34. The van der Waals surface area contributed by atoms with Crippen molar-refractivity contribution in [3.63, 3.8) is 0 Å². The van der Waals surface area contributed by atoms with E-state index in [9.17, 15) is 27.2 Å². The molecular formula is C24H21ClF4N4O3S. The van der Waals surface area contributed by atoms with Crippen molar-refractivity contribution in [2.24, 2.45) is 5.92 Å². The average Bonchev–Trinajstić information content (AvgIpc) is 3.30. The minimum atomic E-state index is -4.85. The summed E-state index contributed by atoms with van der Waals surface area (Å²) in [6.07, 6.45) is -1.06. The molecule has 4 rings (SSSR count). The van der Waals surface area contributed by atoms with Gasteiger partial charge in [-0.2, -0.15) is 13.2 Å². The number of halogens is 5.